The quantitative estimate of drug-likeness (QED) is 0.542. The van der Waals surface area contributed by atoms with Gasteiger partial charge in [-0.25, -0.2) is 0 Å². The maximum Gasteiger partial charge on any atom is 0.253 e. The van der Waals surface area contributed by atoms with Crippen molar-refractivity contribution < 1.29 is 9.53 Å². The lowest BCUT2D eigenvalue weighted by molar-refractivity contribution is 0.0827. The third-order valence-electron chi connectivity index (χ3n) is 5.42. The van der Waals surface area contributed by atoms with Gasteiger partial charge >= 0.3 is 0 Å². The zero-order chi connectivity index (χ0) is 19.7. The maximum absolute atomic E-state index is 12.0. The zero-order valence-corrected chi connectivity index (χ0v) is 17.2. The van der Waals surface area contributed by atoms with Crippen LogP contribution in [-0.4, -0.2) is 58.2 Å². The topological polar surface area (TPSA) is 66.0 Å². The number of guanidine groups is 1. The van der Waals surface area contributed by atoms with E-state index in [-0.39, 0.29) is 5.91 Å². The van der Waals surface area contributed by atoms with Crippen molar-refractivity contribution in [1.82, 2.24) is 15.5 Å². The number of hydrogen-bond donors (Lipinski definition) is 2. The van der Waals surface area contributed by atoms with Gasteiger partial charge in [-0.3, -0.25) is 9.79 Å². The minimum atomic E-state index is 0.0184. The van der Waals surface area contributed by atoms with E-state index in [1.165, 1.54) is 25.7 Å². The SMILES string of the molecule is CN=C(NCc1ccc(C(=O)N(C)C)cc1)NCC1(CCOC)CCCC1. The van der Waals surface area contributed by atoms with E-state index in [0.717, 1.165) is 31.1 Å². The first-order chi connectivity index (χ1) is 13.0. The fourth-order valence-corrected chi connectivity index (χ4v) is 3.66. The van der Waals surface area contributed by atoms with Gasteiger partial charge in [0.25, 0.3) is 5.91 Å². The molecule has 1 aromatic carbocycles. The summed E-state index contributed by atoms with van der Waals surface area (Å²) in [6.45, 7) is 2.40. The molecule has 1 aromatic rings. The lowest BCUT2D eigenvalue weighted by Crippen LogP contribution is -2.43. The molecule has 0 bridgehead atoms. The van der Waals surface area contributed by atoms with Gasteiger partial charge in [-0.05, 0) is 42.4 Å². The van der Waals surface area contributed by atoms with E-state index in [9.17, 15) is 4.79 Å². The first-order valence-corrected chi connectivity index (χ1v) is 9.74. The summed E-state index contributed by atoms with van der Waals surface area (Å²) in [7, 11) is 7.09. The molecule has 1 fully saturated rings. The van der Waals surface area contributed by atoms with Gasteiger partial charge in [0.1, 0.15) is 0 Å². The summed E-state index contributed by atoms with van der Waals surface area (Å²) in [4.78, 5) is 17.9. The lowest BCUT2D eigenvalue weighted by atomic mass is 9.83. The molecule has 0 aliphatic heterocycles. The van der Waals surface area contributed by atoms with E-state index in [4.69, 9.17) is 4.74 Å². The van der Waals surface area contributed by atoms with Crippen LogP contribution in [-0.2, 0) is 11.3 Å². The molecule has 6 heteroatoms. The Balaban J connectivity index is 1.85. The Labute approximate surface area is 163 Å². The predicted molar refractivity (Wildman–Crippen MR) is 110 cm³/mol. The summed E-state index contributed by atoms with van der Waals surface area (Å²) in [5.74, 6) is 0.831. The number of rotatable bonds is 8. The fourth-order valence-electron chi connectivity index (χ4n) is 3.66. The van der Waals surface area contributed by atoms with Gasteiger partial charge in [-0.2, -0.15) is 0 Å². The number of benzene rings is 1. The van der Waals surface area contributed by atoms with E-state index >= 15 is 0 Å². The first kappa shape index (κ1) is 21.2. The fraction of sp³-hybridized carbons (Fsp3) is 0.619. The van der Waals surface area contributed by atoms with Crippen LogP contribution in [0, 0.1) is 5.41 Å². The number of aliphatic imine (C=N–C) groups is 1. The molecule has 0 spiro atoms. The molecule has 0 unspecified atom stereocenters. The smallest absolute Gasteiger partial charge is 0.253 e. The van der Waals surface area contributed by atoms with Crippen LogP contribution in [0.15, 0.2) is 29.3 Å². The monoisotopic (exact) mass is 374 g/mol. The number of amides is 1. The van der Waals surface area contributed by atoms with Crippen LogP contribution in [0.25, 0.3) is 0 Å². The number of nitrogens with one attached hydrogen (secondary N) is 2. The summed E-state index contributed by atoms with van der Waals surface area (Å²) in [5.41, 5.74) is 2.14. The van der Waals surface area contributed by atoms with Crippen molar-refractivity contribution in [3.63, 3.8) is 0 Å². The number of carbonyl (C=O) groups excluding carboxylic acids is 1. The van der Waals surface area contributed by atoms with Gasteiger partial charge in [-0.1, -0.05) is 25.0 Å². The molecule has 1 amide bonds. The van der Waals surface area contributed by atoms with Crippen LogP contribution in [0.2, 0.25) is 0 Å². The lowest BCUT2D eigenvalue weighted by Gasteiger charge is -2.30. The standard InChI is InChI=1S/C21H34N4O2/c1-22-20(24-16-21(13-14-27-4)11-5-6-12-21)23-15-17-7-9-18(10-8-17)19(26)25(2)3/h7-10H,5-6,11-16H2,1-4H3,(H2,22,23,24). The zero-order valence-electron chi connectivity index (χ0n) is 17.2. The van der Waals surface area contributed by atoms with Crippen molar-refractivity contribution in [2.24, 2.45) is 10.4 Å². The molecule has 0 radical (unpaired) electrons. The van der Waals surface area contributed by atoms with Gasteiger partial charge < -0.3 is 20.3 Å². The van der Waals surface area contributed by atoms with Gasteiger partial charge in [0.15, 0.2) is 5.96 Å². The Hall–Kier alpha value is -2.08. The van der Waals surface area contributed by atoms with E-state index in [2.05, 4.69) is 15.6 Å². The molecule has 0 heterocycles. The molecule has 27 heavy (non-hydrogen) atoms. The molecular formula is C21H34N4O2. The summed E-state index contributed by atoms with van der Waals surface area (Å²) in [6, 6.07) is 7.70. The first-order valence-electron chi connectivity index (χ1n) is 9.74. The number of nitrogens with zero attached hydrogens (tertiary/aromatic N) is 2. The second-order valence-electron chi connectivity index (χ2n) is 7.63. The van der Waals surface area contributed by atoms with E-state index in [1.807, 2.05) is 24.3 Å². The maximum atomic E-state index is 12.0. The molecule has 2 N–H and O–H groups in total. The van der Waals surface area contributed by atoms with Crippen LogP contribution < -0.4 is 10.6 Å². The van der Waals surface area contributed by atoms with Crippen molar-refractivity contribution in [1.29, 1.82) is 0 Å². The Morgan fingerprint density at radius 1 is 1.19 bits per heavy atom. The highest BCUT2D eigenvalue weighted by Crippen LogP contribution is 2.40. The Kier molecular flexibility index (Phi) is 8.10. The van der Waals surface area contributed by atoms with Crippen molar-refractivity contribution in [3.05, 3.63) is 35.4 Å². The molecular weight excluding hydrogens is 340 g/mol. The number of methoxy groups -OCH3 is 1. The number of carbonyl (C=O) groups is 1. The van der Waals surface area contributed by atoms with Gasteiger partial charge in [-0.15, -0.1) is 0 Å². The minimum Gasteiger partial charge on any atom is -0.385 e. The van der Waals surface area contributed by atoms with Crippen molar-refractivity contribution in [2.75, 3.05) is 41.4 Å². The van der Waals surface area contributed by atoms with Crippen LogP contribution in [0.4, 0.5) is 0 Å². The van der Waals surface area contributed by atoms with Gasteiger partial charge in [0, 0.05) is 53.5 Å². The highest BCUT2D eigenvalue weighted by atomic mass is 16.5. The Bertz CT molecular complexity index is 620. The number of ether oxygens (including phenoxy) is 1. The molecule has 1 aliphatic carbocycles. The van der Waals surface area contributed by atoms with Crippen LogP contribution >= 0.6 is 0 Å². The average molecular weight is 375 g/mol. The predicted octanol–water partition coefficient (Wildman–Crippen LogP) is 2.65. The van der Waals surface area contributed by atoms with Gasteiger partial charge in [0.05, 0.1) is 0 Å². The van der Waals surface area contributed by atoms with E-state index in [1.54, 1.807) is 33.2 Å². The van der Waals surface area contributed by atoms with E-state index < -0.39 is 0 Å². The summed E-state index contributed by atoms with van der Waals surface area (Å²) in [6.07, 6.45) is 6.20. The summed E-state index contributed by atoms with van der Waals surface area (Å²) < 4.78 is 5.31. The molecule has 1 saturated carbocycles. The van der Waals surface area contributed by atoms with Crippen molar-refractivity contribution in [3.8, 4) is 0 Å². The molecule has 150 valence electrons. The molecule has 6 nitrogen and oxygen atoms in total. The second-order valence-corrected chi connectivity index (χ2v) is 7.63. The highest BCUT2D eigenvalue weighted by molar-refractivity contribution is 5.93. The molecule has 0 atom stereocenters. The average Bonchev–Trinajstić information content (AvgIpc) is 3.15. The second kappa shape index (κ2) is 10.3. The normalized spacial score (nSPS) is 16.2. The van der Waals surface area contributed by atoms with Crippen LogP contribution in [0.5, 0.6) is 0 Å². The van der Waals surface area contributed by atoms with Crippen molar-refractivity contribution in [2.45, 2.75) is 38.6 Å². The van der Waals surface area contributed by atoms with Crippen molar-refractivity contribution >= 4 is 11.9 Å². The molecule has 0 aromatic heterocycles. The third kappa shape index (κ3) is 6.24. The van der Waals surface area contributed by atoms with Crippen LogP contribution in [0.1, 0.15) is 48.0 Å². The minimum absolute atomic E-state index is 0.0184. The Morgan fingerprint density at radius 3 is 2.41 bits per heavy atom. The largest absolute Gasteiger partial charge is 0.385 e. The Morgan fingerprint density at radius 2 is 1.85 bits per heavy atom. The molecule has 2 rings (SSSR count). The van der Waals surface area contributed by atoms with Gasteiger partial charge in [0.2, 0.25) is 0 Å². The highest BCUT2D eigenvalue weighted by Gasteiger charge is 2.33. The van der Waals surface area contributed by atoms with E-state index in [0.29, 0.717) is 17.5 Å². The summed E-state index contributed by atoms with van der Waals surface area (Å²) in [5, 5.41) is 6.87. The third-order valence-corrected chi connectivity index (χ3v) is 5.42. The molecule has 0 saturated heterocycles. The summed E-state index contributed by atoms with van der Waals surface area (Å²) >= 11 is 0. The van der Waals surface area contributed by atoms with Crippen LogP contribution in [0.3, 0.4) is 0 Å². The number of hydrogen-bond acceptors (Lipinski definition) is 3. The molecule has 1 aliphatic rings.